The standard InChI is InChI=1S/C28H23ClN4O4/c1-17-26(28(35)33(32(17)2)18-7-5-4-6-8-18)27(34)31-23-12-10-20(15-22(23)29)37-25-13-14-30-24-16-19(36-3)9-11-21(24)25/h4-16H,1-3H3,(H,31,34). The van der Waals surface area contributed by atoms with Crippen molar-refractivity contribution in [3.63, 3.8) is 0 Å². The molecule has 0 aliphatic carbocycles. The number of aromatic nitrogens is 3. The molecule has 1 N–H and O–H groups in total. The number of carbonyl (C=O) groups is 1. The van der Waals surface area contributed by atoms with Gasteiger partial charge in [-0.05, 0) is 49.4 Å². The molecule has 2 heterocycles. The Bertz CT molecular complexity index is 1690. The molecule has 0 fully saturated rings. The number of para-hydroxylation sites is 1. The molecule has 5 aromatic rings. The number of amides is 1. The second kappa shape index (κ2) is 9.83. The molecular formula is C28H23ClN4O4. The number of benzene rings is 3. The van der Waals surface area contributed by atoms with Crippen molar-refractivity contribution in [2.24, 2.45) is 7.05 Å². The highest BCUT2D eigenvalue weighted by atomic mass is 35.5. The maximum absolute atomic E-state index is 13.1. The number of rotatable bonds is 6. The van der Waals surface area contributed by atoms with Gasteiger partial charge in [-0.25, -0.2) is 4.68 Å². The van der Waals surface area contributed by atoms with Crippen molar-refractivity contribution in [3.8, 4) is 22.9 Å². The first-order valence-corrected chi connectivity index (χ1v) is 11.8. The highest BCUT2D eigenvalue weighted by Crippen LogP contribution is 2.34. The molecule has 0 saturated heterocycles. The summed E-state index contributed by atoms with van der Waals surface area (Å²) in [6, 6.07) is 21.4. The zero-order valence-electron chi connectivity index (χ0n) is 20.4. The minimum absolute atomic E-state index is 0.0430. The number of nitrogens with one attached hydrogen (secondary N) is 1. The number of nitrogens with zero attached hydrogens (tertiary/aromatic N) is 3. The van der Waals surface area contributed by atoms with Gasteiger partial charge in [-0.1, -0.05) is 29.8 Å². The van der Waals surface area contributed by atoms with E-state index in [-0.39, 0.29) is 10.6 Å². The smallest absolute Gasteiger partial charge is 0.284 e. The first-order valence-electron chi connectivity index (χ1n) is 11.4. The van der Waals surface area contributed by atoms with Crippen molar-refractivity contribution in [2.45, 2.75) is 6.92 Å². The van der Waals surface area contributed by atoms with Gasteiger partial charge in [-0.2, -0.15) is 0 Å². The van der Waals surface area contributed by atoms with E-state index >= 15 is 0 Å². The summed E-state index contributed by atoms with van der Waals surface area (Å²) >= 11 is 6.48. The number of hydrogen-bond acceptors (Lipinski definition) is 5. The minimum Gasteiger partial charge on any atom is -0.497 e. The van der Waals surface area contributed by atoms with Crippen LogP contribution in [0.25, 0.3) is 16.6 Å². The van der Waals surface area contributed by atoms with Crippen LogP contribution < -0.4 is 20.3 Å². The molecule has 0 atom stereocenters. The molecule has 2 aromatic heterocycles. The van der Waals surface area contributed by atoms with E-state index in [2.05, 4.69) is 10.3 Å². The molecule has 0 unspecified atom stereocenters. The lowest BCUT2D eigenvalue weighted by molar-refractivity contribution is 0.102. The molecule has 0 aliphatic rings. The second-order valence-electron chi connectivity index (χ2n) is 8.33. The summed E-state index contributed by atoms with van der Waals surface area (Å²) in [5.41, 5.74) is 1.91. The number of hydrogen-bond donors (Lipinski definition) is 1. The third-order valence-corrected chi connectivity index (χ3v) is 6.42. The maximum atomic E-state index is 13.1. The molecule has 0 saturated carbocycles. The van der Waals surface area contributed by atoms with E-state index in [1.807, 2.05) is 36.4 Å². The van der Waals surface area contributed by atoms with Crippen molar-refractivity contribution in [1.82, 2.24) is 14.3 Å². The highest BCUT2D eigenvalue weighted by Gasteiger charge is 2.23. The molecule has 0 bridgehead atoms. The fraction of sp³-hybridized carbons (Fsp3) is 0.107. The van der Waals surface area contributed by atoms with E-state index in [0.29, 0.717) is 34.3 Å². The predicted octanol–water partition coefficient (Wildman–Crippen LogP) is 5.74. The summed E-state index contributed by atoms with van der Waals surface area (Å²) in [4.78, 5) is 30.6. The Labute approximate surface area is 217 Å². The van der Waals surface area contributed by atoms with Crippen LogP contribution in [0.5, 0.6) is 17.2 Å². The molecule has 5 rings (SSSR count). The summed E-state index contributed by atoms with van der Waals surface area (Å²) in [6.07, 6.45) is 1.65. The van der Waals surface area contributed by atoms with Crippen molar-refractivity contribution in [3.05, 3.63) is 106 Å². The van der Waals surface area contributed by atoms with Crippen LogP contribution in [0.1, 0.15) is 16.1 Å². The van der Waals surface area contributed by atoms with Crippen LogP contribution in [0.15, 0.2) is 83.8 Å². The Kier molecular flexibility index (Phi) is 6.42. The Balaban J connectivity index is 1.40. The van der Waals surface area contributed by atoms with Crippen LogP contribution >= 0.6 is 11.6 Å². The number of anilines is 1. The summed E-state index contributed by atoms with van der Waals surface area (Å²) < 4.78 is 14.4. The molecule has 0 radical (unpaired) electrons. The number of pyridine rings is 1. The van der Waals surface area contributed by atoms with Crippen molar-refractivity contribution < 1.29 is 14.3 Å². The average molecular weight is 515 g/mol. The van der Waals surface area contributed by atoms with Crippen LogP contribution in [0.4, 0.5) is 5.69 Å². The van der Waals surface area contributed by atoms with E-state index in [1.54, 1.807) is 68.4 Å². The fourth-order valence-electron chi connectivity index (χ4n) is 4.12. The largest absolute Gasteiger partial charge is 0.497 e. The molecule has 186 valence electrons. The summed E-state index contributed by atoms with van der Waals surface area (Å²) in [5, 5.41) is 3.83. The third kappa shape index (κ3) is 4.54. The molecule has 37 heavy (non-hydrogen) atoms. The molecule has 9 heteroatoms. The first kappa shape index (κ1) is 24.1. The van der Waals surface area contributed by atoms with Gasteiger partial charge >= 0.3 is 0 Å². The van der Waals surface area contributed by atoms with Gasteiger partial charge in [0.2, 0.25) is 0 Å². The second-order valence-corrected chi connectivity index (χ2v) is 8.73. The lowest BCUT2D eigenvalue weighted by Gasteiger charge is -2.12. The van der Waals surface area contributed by atoms with E-state index < -0.39 is 11.5 Å². The molecule has 0 spiro atoms. The van der Waals surface area contributed by atoms with Crippen LogP contribution in [0, 0.1) is 6.92 Å². The van der Waals surface area contributed by atoms with E-state index in [1.165, 1.54) is 4.68 Å². The van der Waals surface area contributed by atoms with Gasteiger partial charge in [-0.3, -0.25) is 19.3 Å². The van der Waals surface area contributed by atoms with Gasteiger partial charge in [0, 0.05) is 30.8 Å². The SMILES string of the molecule is COc1ccc2c(Oc3ccc(NC(=O)c4c(C)n(C)n(-c5ccccc5)c4=O)c(Cl)c3)ccnc2c1. The summed E-state index contributed by atoms with van der Waals surface area (Å²) in [5.74, 6) is 1.23. The lowest BCUT2D eigenvalue weighted by Crippen LogP contribution is -2.25. The number of fused-ring (bicyclic) bond motifs is 1. The zero-order valence-corrected chi connectivity index (χ0v) is 21.1. The van der Waals surface area contributed by atoms with Crippen molar-refractivity contribution >= 4 is 34.1 Å². The fourth-order valence-corrected chi connectivity index (χ4v) is 4.34. The maximum Gasteiger partial charge on any atom is 0.284 e. The number of methoxy groups -OCH3 is 1. The number of carbonyl (C=O) groups excluding carboxylic acids is 1. The van der Waals surface area contributed by atoms with Crippen LogP contribution in [-0.4, -0.2) is 27.4 Å². The van der Waals surface area contributed by atoms with E-state index in [0.717, 1.165) is 10.9 Å². The topological polar surface area (TPSA) is 87.4 Å². The number of ether oxygens (including phenoxy) is 2. The third-order valence-electron chi connectivity index (χ3n) is 6.11. The summed E-state index contributed by atoms with van der Waals surface area (Å²) in [6.45, 7) is 1.73. The Hall–Kier alpha value is -4.56. The normalized spacial score (nSPS) is 10.9. The van der Waals surface area contributed by atoms with Gasteiger partial charge in [0.15, 0.2) is 0 Å². The number of halogens is 1. The lowest BCUT2D eigenvalue weighted by atomic mass is 10.2. The van der Waals surface area contributed by atoms with Crippen molar-refractivity contribution in [2.75, 3.05) is 12.4 Å². The van der Waals surface area contributed by atoms with E-state index in [9.17, 15) is 9.59 Å². The highest BCUT2D eigenvalue weighted by molar-refractivity contribution is 6.34. The summed E-state index contributed by atoms with van der Waals surface area (Å²) in [7, 11) is 3.33. The van der Waals surface area contributed by atoms with Crippen LogP contribution in [0.2, 0.25) is 5.02 Å². The van der Waals surface area contributed by atoms with Gasteiger partial charge in [-0.15, -0.1) is 0 Å². The Morgan fingerprint density at radius 1 is 1.00 bits per heavy atom. The average Bonchev–Trinajstić information content (AvgIpc) is 3.13. The van der Waals surface area contributed by atoms with Crippen LogP contribution in [0.3, 0.4) is 0 Å². The van der Waals surface area contributed by atoms with Gasteiger partial charge in [0.05, 0.1) is 34.7 Å². The quantitative estimate of drug-likeness (QED) is 0.312. The minimum atomic E-state index is -0.544. The molecular weight excluding hydrogens is 492 g/mol. The zero-order chi connectivity index (χ0) is 26.1. The molecule has 3 aromatic carbocycles. The first-order chi connectivity index (χ1) is 17.9. The Morgan fingerprint density at radius 3 is 2.49 bits per heavy atom. The van der Waals surface area contributed by atoms with Gasteiger partial charge in [0.25, 0.3) is 11.5 Å². The Morgan fingerprint density at radius 2 is 1.76 bits per heavy atom. The van der Waals surface area contributed by atoms with Gasteiger partial charge in [0.1, 0.15) is 22.8 Å². The van der Waals surface area contributed by atoms with Crippen molar-refractivity contribution in [1.29, 1.82) is 0 Å². The van der Waals surface area contributed by atoms with Gasteiger partial charge < -0.3 is 14.8 Å². The molecule has 1 amide bonds. The molecule has 8 nitrogen and oxygen atoms in total. The van der Waals surface area contributed by atoms with Crippen LogP contribution in [-0.2, 0) is 7.05 Å². The predicted molar refractivity (Wildman–Crippen MR) is 144 cm³/mol. The van der Waals surface area contributed by atoms with E-state index in [4.69, 9.17) is 21.1 Å². The molecule has 0 aliphatic heterocycles. The monoisotopic (exact) mass is 514 g/mol.